The van der Waals surface area contributed by atoms with Gasteiger partial charge < -0.3 is 14.8 Å². The minimum absolute atomic E-state index is 0. The molecule has 1 atom stereocenters. The van der Waals surface area contributed by atoms with Crippen LogP contribution in [0.15, 0.2) is 48.5 Å². The molecule has 1 fully saturated rings. The van der Waals surface area contributed by atoms with Crippen molar-refractivity contribution < 1.29 is 14.3 Å². The predicted octanol–water partition coefficient (Wildman–Crippen LogP) is 4.88. The fourth-order valence-corrected chi connectivity index (χ4v) is 3.93. The molecule has 1 saturated heterocycles. The van der Waals surface area contributed by atoms with Crippen LogP contribution in [0.5, 0.6) is 11.5 Å². The first-order chi connectivity index (χ1) is 14.2. The predicted molar refractivity (Wildman–Crippen MR) is 123 cm³/mol. The molecule has 0 saturated carbocycles. The lowest BCUT2D eigenvalue weighted by molar-refractivity contribution is -0.123. The van der Waals surface area contributed by atoms with E-state index in [-0.39, 0.29) is 31.0 Å². The maximum absolute atomic E-state index is 12.4. The van der Waals surface area contributed by atoms with Crippen molar-refractivity contribution in [3.05, 3.63) is 59.1 Å². The van der Waals surface area contributed by atoms with Crippen LogP contribution in [-0.2, 0) is 4.79 Å². The standard InChI is InChI=1S/C23H29ClN2O3.ClH/c1-28-18-10-12-19(13-11-18)29-17-23(27)25-16-22(20-8-4-5-9-21(20)24)26-14-6-2-3-7-15-26;/h4-5,8-13,22H,2-3,6-7,14-17H2,1H3,(H,25,27);1H. The van der Waals surface area contributed by atoms with Gasteiger partial charge in [-0.25, -0.2) is 0 Å². The molecule has 0 bridgehead atoms. The van der Waals surface area contributed by atoms with Crippen LogP contribution in [0, 0.1) is 0 Å². The second kappa shape index (κ2) is 12.7. The number of carbonyl (C=O) groups is 1. The van der Waals surface area contributed by atoms with Gasteiger partial charge in [-0.15, -0.1) is 12.4 Å². The zero-order valence-corrected chi connectivity index (χ0v) is 18.9. The zero-order valence-electron chi connectivity index (χ0n) is 17.3. The summed E-state index contributed by atoms with van der Waals surface area (Å²) in [6.07, 6.45) is 4.87. The van der Waals surface area contributed by atoms with Gasteiger partial charge in [-0.2, -0.15) is 0 Å². The van der Waals surface area contributed by atoms with Crippen molar-refractivity contribution in [2.24, 2.45) is 0 Å². The van der Waals surface area contributed by atoms with Gasteiger partial charge >= 0.3 is 0 Å². The molecule has 1 heterocycles. The minimum Gasteiger partial charge on any atom is -0.497 e. The Balaban J connectivity index is 0.00000320. The van der Waals surface area contributed by atoms with Crippen LogP contribution in [0.25, 0.3) is 0 Å². The van der Waals surface area contributed by atoms with Crippen LogP contribution in [-0.4, -0.2) is 44.2 Å². The number of halogens is 2. The third-order valence-electron chi connectivity index (χ3n) is 5.27. The maximum atomic E-state index is 12.4. The number of methoxy groups -OCH3 is 1. The number of carbonyl (C=O) groups excluding carboxylic acids is 1. The number of nitrogens with zero attached hydrogens (tertiary/aromatic N) is 1. The fourth-order valence-electron chi connectivity index (χ4n) is 3.67. The quantitative estimate of drug-likeness (QED) is 0.619. The highest BCUT2D eigenvalue weighted by atomic mass is 35.5. The second-order valence-electron chi connectivity index (χ2n) is 7.26. The molecule has 1 unspecified atom stereocenters. The van der Waals surface area contributed by atoms with Gasteiger partial charge in [0.2, 0.25) is 0 Å². The molecule has 30 heavy (non-hydrogen) atoms. The molecule has 2 aromatic carbocycles. The Morgan fingerprint density at radius 2 is 1.67 bits per heavy atom. The lowest BCUT2D eigenvalue weighted by Gasteiger charge is -2.31. The molecule has 0 aromatic heterocycles. The summed E-state index contributed by atoms with van der Waals surface area (Å²) in [5, 5.41) is 3.77. The maximum Gasteiger partial charge on any atom is 0.258 e. The molecule has 164 valence electrons. The monoisotopic (exact) mass is 452 g/mol. The zero-order chi connectivity index (χ0) is 20.5. The number of hydrogen-bond donors (Lipinski definition) is 1. The highest BCUT2D eigenvalue weighted by Crippen LogP contribution is 2.29. The van der Waals surface area contributed by atoms with Crippen molar-refractivity contribution in [2.45, 2.75) is 31.7 Å². The van der Waals surface area contributed by atoms with E-state index < -0.39 is 0 Å². The van der Waals surface area contributed by atoms with Crippen molar-refractivity contribution in [2.75, 3.05) is 33.4 Å². The lowest BCUT2D eigenvalue weighted by atomic mass is 10.0. The molecule has 1 N–H and O–H groups in total. The third kappa shape index (κ3) is 7.08. The average Bonchev–Trinajstić information content (AvgIpc) is 3.03. The molecule has 1 aliphatic rings. The summed E-state index contributed by atoms with van der Waals surface area (Å²) in [6, 6.07) is 15.2. The molecule has 7 heteroatoms. The number of hydrogen-bond acceptors (Lipinski definition) is 4. The summed E-state index contributed by atoms with van der Waals surface area (Å²) in [5.41, 5.74) is 1.06. The largest absolute Gasteiger partial charge is 0.497 e. The first-order valence-electron chi connectivity index (χ1n) is 10.2. The first-order valence-corrected chi connectivity index (χ1v) is 10.6. The summed E-state index contributed by atoms with van der Waals surface area (Å²) in [6.45, 7) is 2.53. The van der Waals surface area contributed by atoms with Crippen LogP contribution in [0.1, 0.15) is 37.3 Å². The van der Waals surface area contributed by atoms with Crippen molar-refractivity contribution >= 4 is 29.9 Å². The van der Waals surface area contributed by atoms with Crippen LogP contribution in [0.3, 0.4) is 0 Å². The Bertz CT molecular complexity index is 778. The van der Waals surface area contributed by atoms with Crippen LogP contribution < -0.4 is 14.8 Å². The van der Waals surface area contributed by atoms with E-state index in [1.807, 2.05) is 18.2 Å². The summed E-state index contributed by atoms with van der Waals surface area (Å²) >= 11 is 6.49. The number of benzene rings is 2. The van der Waals surface area contributed by atoms with Crippen molar-refractivity contribution in [3.8, 4) is 11.5 Å². The van der Waals surface area contributed by atoms with Crippen LogP contribution in [0.4, 0.5) is 0 Å². The van der Waals surface area contributed by atoms with Crippen molar-refractivity contribution in [1.82, 2.24) is 10.2 Å². The molecule has 2 aromatic rings. The Morgan fingerprint density at radius 3 is 2.30 bits per heavy atom. The van der Waals surface area contributed by atoms with Gasteiger partial charge in [-0.3, -0.25) is 9.69 Å². The number of nitrogens with one attached hydrogen (secondary N) is 1. The highest BCUT2D eigenvalue weighted by molar-refractivity contribution is 6.31. The van der Waals surface area contributed by atoms with Gasteiger partial charge in [0.05, 0.1) is 13.2 Å². The Labute approximate surface area is 190 Å². The number of rotatable bonds is 8. The summed E-state index contributed by atoms with van der Waals surface area (Å²) in [7, 11) is 1.61. The van der Waals surface area contributed by atoms with Gasteiger partial charge in [0.1, 0.15) is 11.5 Å². The molecule has 5 nitrogen and oxygen atoms in total. The molecule has 0 aliphatic carbocycles. The van der Waals surface area contributed by atoms with E-state index >= 15 is 0 Å². The van der Waals surface area contributed by atoms with E-state index in [1.165, 1.54) is 25.7 Å². The van der Waals surface area contributed by atoms with Gasteiger partial charge in [0.25, 0.3) is 5.91 Å². The Morgan fingerprint density at radius 1 is 1.03 bits per heavy atom. The van der Waals surface area contributed by atoms with E-state index in [0.717, 1.165) is 29.4 Å². The van der Waals surface area contributed by atoms with Gasteiger partial charge in [-0.05, 0) is 61.8 Å². The number of ether oxygens (including phenoxy) is 2. The van der Waals surface area contributed by atoms with E-state index in [0.29, 0.717) is 12.3 Å². The minimum atomic E-state index is -0.146. The van der Waals surface area contributed by atoms with Crippen molar-refractivity contribution in [1.29, 1.82) is 0 Å². The van der Waals surface area contributed by atoms with Crippen molar-refractivity contribution in [3.63, 3.8) is 0 Å². The highest BCUT2D eigenvalue weighted by Gasteiger charge is 2.24. The second-order valence-corrected chi connectivity index (χ2v) is 7.66. The third-order valence-corrected chi connectivity index (χ3v) is 5.61. The Hall–Kier alpha value is -1.95. The molecule has 0 spiro atoms. The molecular formula is C23H30Cl2N2O3. The summed E-state index contributed by atoms with van der Waals surface area (Å²) in [4.78, 5) is 14.8. The SMILES string of the molecule is COc1ccc(OCC(=O)NCC(c2ccccc2Cl)N2CCCCCC2)cc1.Cl. The van der Waals surface area contributed by atoms with Gasteiger partial charge in [-0.1, -0.05) is 42.6 Å². The molecular weight excluding hydrogens is 423 g/mol. The van der Waals surface area contributed by atoms with E-state index in [2.05, 4.69) is 16.3 Å². The van der Waals surface area contributed by atoms with E-state index in [9.17, 15) is 4.79 Å². The molecule has 0 radical (unpaired) electrons. The molecule has 1 amide bonds. The number of likely N-dealkylation sites (tertiary alicyclic amines) is 1. The van der Waals surface area contributed by atoms with Crippen LogP contribution >= 0.6 is 24.0 Å². The fraction of sp³-hybridized carbons (Fsp3) is 0.435. The molecule has 1 aliphatic heterocycles. The summed E-state index contributed by atoms with van der Waals surface area (Å²) in [5.74, 6) is 1.24. The van der Waals surface area contributed by atoms with Gasteiger partial charge in [0, 0.05) is 11.6 Å². The topological polar surface area (TPSA) is 50.8 Å². The smallest absolute Gasteiger partial charge is 0.258 e. The van der Waals surface area contributed by atoms with E-state index in [4.69, 9.17) is 21.1 Å². The van der Waals surface area contributed by atoms with Gasteiger partial charge in [0.15, 0.2) is 6.61 Å². The molecule has 3 rings (SSSR count). The lowest BCUT2D eigenvalue weighted by Crippen LogP contribution is -2.40. The van der Waals surface area contributed by atoms with E-state index in [1.54, 1.807) is 31.4 Å². The first kappa shape index (κ1) is 24.3. The summed E-state index contributed by atoms with van der Waals surface area (Å²) < 4.78 is 10.7. The number of amides is 1. The average molecular weight is 453 g/mol. The van der Waals surface area contributed by atoms with Crippen LogP contribution in [0.2, 0.25) is 5.02 Å². The Kier molecular flexibility index (Phi) is 10.3. The normalized spacial score (nSPS) is 15.4.